The van der Waals surface area contributed by atoms with Crippen LogP contribution in [0.15, 0.2) is 41.7 Å². The third-order valence-electron chi connectivity index (χ3n) is 5.42. The SMILES string of the molecule is O=C1NCCC1N1CCC(Cn2cnc(-c3ccncc3)cc2=O)CC1. The Kier molecular flexibility index (Phi) is 4.79. The van der Waals surface area contributed by atoms with E-state index in [1.807, 2.05) is 12.1 Å². The average molecular weight is 353 g/mol. The second-order valence-corrected chi connectivity index (χ2v) is 7.08. The number of hydrogen-bond donors (Lipinski definition) is 1. The van der Waals surface area contributed by atoms with E-state index >= 15 is 0 Å². The molecule has 0 spiro atoms. The lowest BCUT2D eigenvalue weighted by Crippen LogP contribution is -2.45. The molecule has 1 amide bonds. The van der Waals surface area contributed by atoms with Gasteiger partial charge in [-0.1, -0.05) is 0 Å². The summed E-state index contributed by atoms with van der Waals surface area (Å²) < 4.78 is 1.70. The smallest absolute Gasteiger partial charge is 0.253 e. The van der Waals surface area contributed by atoms with Gasteiger partial charge in [0.05, 0.1) is 18.1 Å². The van der Waals surface area contributed by atoms with Gasteiger partial charge in [0.1, 0.15) is 0 Å². The van der Waals surface area contributed by atoms with Crippen LogP contribution in [-0.2, 0) is 11.3 Å². The number of pyridine rings is 1. The summed E-state index contributed by atoms with van der Waals surface area (Å²) in [6.45, 7) is 3.31. The zero-order valence-corrected chi connectivity index (χ0v) is 14.7. The van der Waals surface area contributed by atoms with Gasteiger partial charge >= 0.3 is 0 Å². The van der Waals surface area contributed by atoms with E-state index in [0.29, 0.717) is 18.2 Å². The predicted molar refractivity (Wildman–Crippen MR) is 97.4 cm³/mol. The second kappa shape index (κ2) is 7.37. The van der Waals surface area contributed by atoms with Crippen molar-refractivity contribution in [2.75, 3.05) is 19.6 Å². The number of hydrogen-bond acceptors (Lipinski definition) is 5. The molecular weight excluding hydrogens is 330 g/mol. The summed E-state index contributed by atoms with van der Waals surface area (Å²) in [5.74, 6) is 0.609. The molecule has 2 aliphatic heterocycles. The van der Waals surface area contributed by atoms with E-state index in [4.69, 9.17) is 0 Å². The van der Waals surface area contributed by atoms with Crippen LogP contribution in [0.3, 0.4) is 0 Å². The standard InChI is InChI=1S/C19H23N5O2/c25-18-11-16(15-1-6-20-7-2-15)22-13-24(18)12-14-4-9-23(10-5-14)17-3-8-21-19(17)26/h1-2,6-7,11,13-14,17H,3-5,8-10,12H2,(H,21,26). The highest BCUT2D eigenvalue weighted by Gasteiger charge is 2.32. The van der Waals surface area contributed by atoms with Crippen molar-refractivity contribution in [2.24, 2.45) is 5.92 Å². The van der Waals surface area contributed by atoms with E-state index in [-0.39, 0.29) is 17.5 Å². The highest BCUT2D eigenvalue weighted by atomic mass is 16.2. The van der Waals surface area contributed by atoms with E-state index in [9.17, 15) is 9.59 Å². The van der Waals surface area contributed by atoms with Gasteiger partial charge in [-0.15, -0.1) is 0 Å². The maximum absolute atomic E-state index is 12.4. The van der Waals surface area contributed by atoms with Crippen LogP contribution in [0.1, 0.15) is 19.3 Å². The number of carbonyl (C=O) groups is 1. The fraction of sp³-hybridized carbons (Fsp3) is 0.474. The molecule has 1 N–H and O–H groups in total. The van der Waals surface area contributed by atoms with Crippen LogP contribution in [-0.4, -0.2) is 51.0 Å². The van der Waals surface area contributed by atoms with Crippen molar-refractivity contribution in [1.82, 2.24) is 24.8 Å². The molecule has 0 aromatic carbocycles. The maximum Gasteiger partial charge on any atom is 0.253 e. The third-order valence-corrected chi connectivity index (χ3v) is 5.42. The largest absolute Gasteiger partial charge is 0.355 e. The van der Waals surface area contributed by atoms with Crippen molar-refractivity contribution in [1.29, 1.82) is 0 Å². The molecule has 2 fully saturated rings. The van der Waals surface area contributed by atoms with Crippen molar-refractivity contribution in [2.45, 2.75) is 31.8 Å². The van der Waals surface area contributed by atoms with Gasteiger partial charge in [0.2, 0.25) is 5.91 Å². The second-order valence-electron chi connectivity index (χ2n) is 7.08. The van der Waals surface area contributed by atoms with Gasteiger partial charge in [-0.3, -0.25) is 24.0 Å². The fourth-order valence-electron chi connectivity index (χ4n) is 3.90. The molecule has 4 rings (SSSR count). The molecule has 136 valence electrons. The molecule has 0 aliphatic carbocycles. The van der Waals surface area contributed by atoms with Crippen LogP contribution in [0.25, 0.3) is 11.3 Å². The molecule has 7 heteroatoms. The average Bonchev–Trinajstić information content (AvgIpc) is 3.11. The normalized spacial score (nSPS) is 21.7. The Morgan fingerprint density at radius 2 is 1.88 bits per heavy atom. The zero-order chi connectivity index (χ0) is 17.9. The van der Waals surface area contributed by atoms with Crippen LogP contribution >= 0.6 is 0 Å². The summed E-state index contributed by atoms with van der Waals surface area (Å²) in [6.07, 6.45) is 7.95. The highest BCUT2D eigenvalue weighted by Crippen LogP contribution is 2.22. The number of carbonyl (C=O) groups excluding carboxylic acids is 1. The van der Waals surface area contributed by atoms with E-state index in [1.165, 1.54) is 0 Å². The van der Waals surface area contributed by atoms with Gasteiger partial charge in [-0.05, 0) is 50.4 Å². The number of amides is 1. The molecule has 4 heterocycles. The van der Waals surface area contributed by atoms with Crippen LogP contribution in [0.5, 0.6) is 0 Å². The van der Waals surface area contributed by atoms with Gasteiger partial charge in [0, 0.05) is 37.1 Å². The number of nitrogens with zero attached hydrogens (tertiary/aromatic N) is 4. The van der Waals surface area contributed by atoms with E-state index < -0.39 is 0 Å². The minimum absolute atomic E-state index is 0.0237. The monoisotopic (exact) mass is 353 g/mol. The maximum atomic E-state index is 12.4. The Morgan fingerprint density at radius 1 is 1.12 bits per heavy atom. The first-order valence-corrected chi connectivity index (χ1v) is 9.19. The number of aromatic nitrogens is 3. The molecule has 0 saturated carbocycles. The molecule has 0 radical (unpaired) electrons. The van der Waals surface area contributed by atoms with E-state index in [0.717, 1.165) is 44.5 Å². The molecule has 0 bridgehead atoms. The van der Waals surface area contributed by atoms with Crippen molar-refractivity contribution >= 4 is 5.91 Å². The van der Waals surface area contributed by atoms with Gasteiger partial charge in [-0.2, -0.15) is 0 Å². The quantitative estimate of drug-likeness (QED) is 0.884. The highest BCUT2D eigenvalue weighted by molar-refractivity contribution is 5.83. The first-order valence-electron chi connectivity index (χ1n) is 9.19. The molecule has 1 unspecified atom stereocenters. The molecule has 7 nitrogen and oxygen atoms in total. The summed E-state index contributed by atoms with van der Waals surface area (Å²) in [5.41, 5.74) is 1.55. The van der Waals surface area contributed by atoms with Crippen molar-refractivity contribution in [3.63, 3.8) is 0 Å². The van der Waals surface area contributed by atoms with Gasteiger partial charge in [-0.25, -0.2) is 4.98 Å². The van der Waals surface area contributed by atoms with Crippen molar-refractivity contribution in [3.8, 4) is 11.3 Å². The summed E-state index contributed by atoms with van der Waals surface area (Å²) >= 11 is 0. The Bertz CT molecular complexity index is 827. The molecule has 1 atom stereocenters. The number of rotatable bonds is 4. The Morgan fingerprint density at radius 3 is 2.54 bits per heavy atom. The first-order chi connectivity index (χ1) is 12.7. The van der Waals surface area contributed by atoms with Crippen LogP contribution in [0.2, 0.25) is 0 Å². The fourth-order valence-corrected chi connectivity index (χ4v) is 3.90. The van der Waals surface area contributed by atoms with Gasteiger partial charge < -0.3 is 5.32 Å². The van der Waals surface area contributed by atoms with E-state index in [1.54, 1.807) is 29.4 Å². The minimum atomic E-state index is -0.0237. The zero-order valence-electron chi connectivity index (χ0n) is 14.7. The van der Waals surface area contributed by atoms with Gasteiger partial charge in [0.15, 0.2) is 0 Å². The first kappa shape index (κ1) is 16.9. The Hall–Kier alpha value is -2.54. The van der Waals surface area contributed by atoms with E-state index in [2.05, 4.69) is 20.2 Å². The Labute approximate surface area is 152 Å². The lowest BCUT2D eigenvalue weighted by Gasteiger charge is -2.34. The van der Waals surface area contributed by atoms with Crippen molar-refractivity contribution in [3.05, 3.63) is 47.3 Å². The molecule has 2 aromatic rings. The van der Waals surface area contributed by atoms with Crippen LogP contribution < -0.4 is 10.9 Å². The lowest BCUT2D eigenvalue weighted by molar-refractivity contribution is -0.124. The van der Waals surface area contributed by atoms with Gasteiger partial charge in [0.25, 0.3) is 5.56 Å². The molecule has 2 aliphatic rings. The van der Waals surface area contributed by atoms with Crippen molar-refractivity contribution < 1.29 is 4.79 Å². The lowest BCUT2D eigenvalue weighted by atomic mass is 9.95. The summed E-state index contributed by atoms with van der Waals surface area (Å²) in [4.78, 5) is 35.0. The molecule has 26 heavy (non-hydrogen) atoms. The van der Waals surface area contributed by atoms with Crippen LogP contribution in [0, 0.1) is 5.92 Å². The van der Waals surface area contributed by atoms with Crippen LogP contribution in [0.4, 0.5) is 0 Å². The topological polar surface area (TPSA) is 80.1 Å². The summed E-state index contributed by atoms with van der Waals surface area (Å²) in [6, 6.07) is 5.33. The predicted octanol–water partition coefficient (Wildman–Crippen LogP) is 0.906. The minimum Gasteiger partial charge on any atom is -0.355 e. The number of likely N-dealkylation sites (tertiary alicyclic amines) is 1. The Balaban J connectivity index is 1.38. The third kappa shape index (κ3) is 3.53. The summed E-state index contributed by atoms with van der Waals surface area (Å²) in [7, 11) is 0. The number of piperidine rings is 1. The molecular formula is C19H23N5O2. The number of nitrogens with one attached hydrogen (secondary N) is 1. The molecule has 2 saturated heterocycles. The summed E-state index contributed by atoms with van der Waals surface area (Å²) in [5, 5.41) is 2.91. The molecule has 2 aromatic heterocycles.